The standard InChI is InChI=1S/C25H24N8/c1-15-26-22(32-11-16(12-32)24-28-18-6-2-3-7-19(18)29-24)10-23(27-15)33-13-17(14-33)25-30-20-8-4-5-9-21(20)31-25/h2-10,16-17H,11-14H2,1H3,(H,28,29)(H,30,31). The average Bonchev–Trinajstić information content (AvgIpc) is 3.35. The van der Waals surface area contributed by atoms with Gasteiger partial charge in [0.25, 0.3) is 0 Å². The van der Waals surface area contributed by atoms with E-state index in [0.717, 1.165) is 77.4 Å². The Labute approximate surface area is 190 Å². The zero-order valence-electron chi connectivity index (χ0n) is 18.4. The summed E-state index contributed by atoms with van der Waals surface area (Å²) in [7, 11) is 0. The third kappa shape index (κ3) is 3.13. The number of aromatic amines is 2. The van der Waals surface area contributed by atoms with Crippen molar-refractivity contribution in [3.05, 3.63) is 72.1 Å². The molecule has 0 spiro atoms. The van der Waals surface area contributed by atoms with E-state index < -0.39 is 0 Å². The monoisotopic (exact) mass is 436 g/mol. The quantitative estimate of drug-likeness (QED) is 0.446. The van der Waals surface area contributed by atoms with Gasteiger partial charge in [-0.15, -0.1) is 0 Å². The lowest BCUT2D eigenvalue weighted by Gasteiger charge is -2.41. The highest BCUT2D eigenvalue weighted by atomic mass is 15.3. The Morgan fingerprint density at radius 2 is 1.12 bits per heavy atom. The Kier molecular flexibility index (Phi) is 3.97. The van der Waals surface area contributed by atoms with Crippen LogP contribution in [-0.2, 0) is 0 Å². The molecular weight excluding hydrogens is 412 g/mol. The van der Waals surface area contributed by atoms with Crippen LogP contribution >= 0.6 is 0 Å². The number of fused-ring (bicyclic) bond motifs is 2. The van der Waals surface area contributed by atoms with Crippen LogP contribution in [0.4, 0.5) is 11.6 Å². The van der Waals surface area contributed by atoms with Crippen LogP contribution in [0.2, 0.25) is 0 Å². The molecule has 0 radical (unpaired) electrons. The normalized spacial score (nSPS) is 17.0. The second kappa shape index (κ2) is 7.03. The smallest absolute Gasteiger partial charge is 0.134 e. The van der Waals surface area contributed by atoms with Crippen molar-refractivity contribution in [3.8, 4) is 0 Å². The number of imidazole rings is 2. The maximum absolute atomic E-state index is 4.77. The second-order valence-electron chi connectivity index (χ2n) is 9.11. The van der Waals surface area contributed by atoms with E-state index in [9.17, 15) is 0 Å². The predicted octanol–water partition coefficient (Wildman–Crippen LogP) is 3.75. The minimum atomic E-state index is 0.401. The van der Waals surface area contributed by atoms with E-state index in [1.54, 1.807) is 0 Å². The van der Waals surface area contributed by atoms with Crippen LogP contribution in [0.5, 0.6) is 0 Å². The van der Waals surface area contributed by atoms with Crippen LogP contribution in [0.15, 0.2) is 54.6 Å². The molecule has 0 saturated carbocycles. The number of H-pyrrole nitrogens is 2. The zero-order chi connectivity index (χ0) is 21.9. The number of hydrogen-bond donors (Lipinski definition) is 2. The van der Waals surface area contributed by atoms with E-state index in [1.165, 1.54) is 0 Å². The Balaban J connectivity index is 1.05. The Morgan fingerprint density at radius 3 is 1.58 bits per heavy atom. The van der Waals surface area contributed by atoms with Gasteiger partial charge < -0.3 is 19.8 Å². The minimum absolute atomic E-state index is 0.401. The predicted molar refractivity (Wildman–Crippen MR) is 129 cm³/mol. The lowest BCUT2D eigenvalue weighted by Crippen LogP contribution is -2.47. The molecule has 2 saturated heterocycles. The fourth-order valence-electron chi connectivity index (χ4n) is 4.87. The molecule has 164 valence electrons. The molecule has 3 aromatic heterocycles. The fourth-order valence-corrected chi connectivity index (χ4v) is 4.87. The number of nitrogens with one attached hydrogen (secondary N) is 2. The topological polar surface area (TPSA) is 89.6 Å². The number of aryl methyl sites for hydroxylation is 1. The van der Waals surface area contributed by atoms with Crippen LogP contribution in [0.1, 0.15) is 29.3 Å². The lowest BCUT2D eigenvalue weighted by atomic mass is 9.98. The van der Waals surface area contributed by atoms with Crippen molar-refractivity contribution in [2.24, 2.45) is 0 Å². The van der Waals surface area contributed by atoms with Gasteiger partial charge in [0.05, 0.1) is 33.9 Å². The van der Waals surface area contributed by atoms with Crippen molar-refractivity contribution < 1.29 is 0 Å². The maximum atomic E-state index is 4.77. The highest BCUT2D eigenvalue weighted by molar-refractivity contribution is 5.75. The first-order valence-corrected chi connectivity index (χ1v) is 11.4. The molecule has 0 bridgehead atoms. The summed E-state index contributed by atoms with van der Waals surface area (Å²) in [5.41, 5.74) is 4.26. The second-order valence-corrected chi connectivity index (χ2v) is 9.11. The van der Waals surface area contributed by atoms with Gasteiger partial charge in [0.15, 0.2) is 0 Å². The number of para-hydroxylation sites is 4. The first-order valence-electron chi connectivity index (χ1n) is 11.4. The van der Waals surface area contributed by atoms with Crippen molar-refractivity contribution in [3.63, 3.8) is 0 Å². The Hall–Kier alpha value is -3.94. The maximum Gasteiger partial charge on any atom is 0.134 e. The lowest BCUT2D eigenvalue weighted by molar-refractivity contribution is 0.493. The van der Waals surface area contributed by atoms with E-state index in [2.05, 4.69) is 50.1 Å². The van der Waals surface area contributed by atoms with Gasteiger partial charge in [-0.25, -0.2) is 19.9 Å². The molecule has 2 fully saturated rings. The van der Waals surface area contributed by atoms with Crippen molar-refractivity contribution in [2.45, 2.75) is 18.8 Å². The fraction of sp³-hybridized carbons (Fsp3) is 0.280. The SMILES string of the molecule is Cc1nc(N2CC(c3nc4ccccc4[nH]3)C2)cc(N2CC(c3nc4ccccc4[nH]3)C2)n1. The summed E-state index contributed by atoms with van der Waals surface area (Å²) in [6, 6.07) is 18.5. The summed E-state index contributed by atoms with van der Waals surface area (Å²) in [6.45, 7) is 5.63. The number of benzene rings is 2. The van der Waals surface area contributed by atoms with Crippen LogP contribution in [0.25, 0.3) is 22.1 Å². The van der Waals surface area contributed by atoms with Crippen LogP contribution in [-0.4, -0.2) is 56.1 Å². The van der Waals surface area contributed by atoms with Gasteiger partial charge in [0, 0.05) is 32.2 Å². The molecule has 0 atom stereocenters. The van der Waals surface area contributed by atoms with E-state index in [-0.39, 0.29) is 0 Å². The van der Waals surface area contributed by atoms with Crippen LogP contribution in [0.3, 0.4) is 0 Å². The molecule has 8 nitrogen and oxygen atoms in total. The number of rotatable bonds is 4. The Bertz CT molecular complexity index is 1300. The van der Waals surface area contributed by atoms with E-state index in [4.69, 9.17) is 19.9 Å². The van der Waals surface area contributed by atoms with Gasteiger partial charge in [-0.1, -0.05) is 24.3 Å². The molecule has 0 unspecified atom stereocenters. The number of aromatic nitrogens is 6. The van der Waals surface area contributed by atoms with Gasteiger partial charge in [-0.3, -0.25) is 0 Å². The summed E-state index contributed by atoms with van der Waals surface area (Å²) in [6.07, 6.45) is 0. The van der Waals surface area contributed by atoms with Crippen molar-refractivity contribution in [1.29, 1.82) is 0 Å². The Morgan fingerprint density at radius 1 is 0.667 bits per heavy atom. The summed E-state index contributed by atoms with van der Waals surface area (Å²) in [5, 5.41) is 0. The molecule has 0 aliphatic carbocycles. The molecule has 7 rings (SSSR count). The van der Waals surface area contributed by atoms with E-state index in [1.807, 2.05) is 31.2 Å². The number of hydrogen-bond acceptors (Lipinski definition) is 6. The summed E-state index contributed by atoms with van der Waals surface area (Å²) >= 11 is 0. The molecule has 8 heteroatoms. The first kappa shape index (κ1) is 18.6. The molecular formula is C25H24N8. The van der Waals surface area contributed by atoms with Crippen molar-refractivity contribution in [2.75, 3.05) is 36.0 Å². The molecule has 5 heterocycles. The summed E-state index contributed by atoms with van der Waals surface area (Å²) in [4.78, 5) is 30.5. The third-order valence-electron chi connectivity index (χ3n) is 6.81. The third-order valence-corrected chi connectivity index (χ3v) is 6.81. The summed E-state index contributed by atoms with van der Waals surface area (Å²) in [5.74, 6) is 5.73. The molecule has 2 aliphatic rings. The molecule has 0 amide bonds. The van der Waals surface area contributed by atoms with Crippen molar-refractivity contribution >= 4 is 33.7 Å². The molecule has 2 aliphatic heterocycles. The highest BCUT2D eigenvalue weighted by Crippen LogP contribution is 2.34. The van der Waals surface area contributed by atoms with Crippen LogP contribution < -0.4 is 9.80 Å². The largest absolute Gasteiger partial charge is 0.355 e. The molecule has 2 aromatic carbocycles. The number of nitrogens with zero attached hydrogens (tertiary/aromatic N) is 6. The average molecular weight is 437 g/mol. The molecule has 2 N–H and O–H groups in total. The summed E-state index contributed by atoms with van der Waals surface area (Å²) < 4.78 is 0. The first-order chi connectivity index (χ1) is 16.2. The van der Waals surface area contributed by atoms with E-state index in [0.29, 0.717) is 11.8 Å². The van der Waals surface area contributed by atoms with Gasteiger partial charge in [-0.2, -0.15) is 0 Å². The van der Waals surface area contributed by atoms with Gasteiger partial charge >= 0.3 is 0 Å². The zero-order valence-corrected chi connectivity index (χ0v) is 18.4. The molecule has 5 aromatic rings. The van der Waals surface area contributed by atoms with E-state index >= 15 is 0 Å². The minimum Gasteiger partial charge on any atom is -0.355 e. The van der Waals surface area contributed by atoms with Gasteiger partial charge in [-0.05, 0) is 31.2 Å². The molecule has 33 heavy (non-hydrogen) atoms. The van der Waals surface area contributed by atoms with Gasteiger partial charge in [0.2, 0.25) is 0 Å². The van der Waals surface area contributed by atoms with Crippen LogP contribution in [0, 0.1) is 6.92 Å². The number of anilines is 2. The highest BCUT2D eigenvalue weighted by Gasteiger charge is 2.34. The van der Waals surface area contributed by atoms with Gasteiger partial charge in [0.1, 0.15) is 29.1 Å². The van der Waals surface area contributed by atoms with Crippen molar-refractivity contribution in [1.82, 2.24) is 29.9 Å².